The van der Waals surface area contributed by atoms with Crippen LogP contribution >= 0.6 is 11.6 Å². The summed E-state index contributed by atoms with van der Waals surface area (Å²) in [6, 6.07) is 5.28. The van der Waals surface area contributed by atoms with Crippen LogP contribution in [0.25, 0.3) is 5.76 Å². The number of ketones is 1. The van der Waals surface area contributed by atoms with Crippen molar-refractivity contribution in [1.82, 2.24) is 0 Å². The molecule has 0 aliphatic heterocycles. The Morgan fingerprint density at radius 2 is 2.14 bits per heavy atom. The lowest BCUT2D eigenvalue weighted by Crippen LogP contribution is -2.15. The molecule has 1 N–H and O–H groups in total. The summed E-state index contributed by atoms with van der Waals surface area (Å²) in [5, 5.41) is 30.4. The lowest BCUT2D eigenvalue weighted by atomic mass is 9.94. The van der Waals surface area contributed by atoms with Gasteiger partial charge in [0.15, 0.2) is 11.5 Å². The van der Waals surface area contributed by atoms with Crippen LogP contribution in [0, 0.1) is 26.9 Å². The van der Waals surface area contributed by atoms with Crippen LogP contribution in [0.2, 0.25) is 5.02 Å². The third-order valence-electron chi connectivity index (χ3n) is 3.54. The predicted molar refractivity (Wildman–Crippen MR) is 75.6 cm³/mol. The van der Waals surface area contributed by atoms with E-state index in [1.54, 1.807) is 13.0 Å². The van der Waals surface area contributed by atoms with Gasteiger partial charge in [0.2, 0.25) is 0 Å². The number of aliphatic hydroxyl groups is 1. The van der Waals surface area contributed by atoms with Gasteiger partial charge in [0.1, 0.15) is 11.6 Å². The highest BCUT2D eigenvalue weighted by atomic mass is 35.5. The first kappa shape index (κ1) is 15.0. The van der Waals surface area contributed by atoms with Gasteiger partial charge in [0, 0.05) is 16.5 Å². The second kappa shape index (κ2) is 5.19. The van der Waals surface area contributed by atoms with E-state index in [0.29, 0.717) is 12.8 Å². The van der Waals surface area contributed by atoms with E-state index in [2.05, 4.69) is 0 Å². The summed E-state index contributed by atoms with van der Waals surface area (Å²) in [7, 11) is 0. The van der Waals surface area contributed by atoms with Crippen LogP contribution in [-0.4, -0.2) is 15.8 Å². The van der Waals surface area contributed by atoms with Crippen molar-refractivity contribution in [2.24, 2.45) is 5.41 Å². The molecular weight excluding hydrogens is 296 g/mol. The topological polar surface area (TPSA) is 104 Å². The van der Waals surface area contributed by atoms with Crippen LogP contribution in [-0.2, 0) is 4.79 Å². The molecule has 1 saturated carbocycles. The average Bonchev–Trinajstić information content (AvgIpc) is 3.18. The molecule has 1 aliphatic carbocycles. The number of Topliss-reactive ketones (excluding diaryl/α,β-unsaturated/α-hetero) is 1. The van der Waals surface area contributed by atoms with Gasteiger partial charge in [-0.05, 0) is 25.0 Å². The van der Waals surface area contributed by atoms with Crippen molar-refractivity contribution >= 4 is 28.8 Å². The van der Waals surface area contributed by atoms with Gasteiger partial charge < -0.3 is 5.11 Å². The Labute approximate surface area is 125 Å². The molecule has 2 rings (SSSR count). The number of rotatable bonds is 4. The largest absolute Gasteiger partial charge is 0.506 e. The SMILES string of the molecule is CC1(C(=O)C(C#N)=C(O)c2ccc(Cl)cc2[N+](=O)[O-])CC1. The van der Waals surface area contributed by atoms with E-state index in [-0.39, 0.29) is 10.6 Å². The van der Waals surface area contributed by atoms with Gasteiger partial charge in [-0.1, -0.05) is 18.5 Å². The van der Waals surface area contributed by atoms with Gasteiger partial charge in [-0.25, -0.2) is 0 Å². The summed E-state index contributed by atoms with van der Waals surface area (Å²) in [6.07, 6.45) is 1.26. The van der Waals surface area contributed by atoms with Gasteiger partial charge in [0.25, 0.3) is 5.69 Å². The molecule has 0 radical (unpaired) electrons. The van der Waals surface area contributed by atoms with Crippen LogP contribution in [0.15, 0.2) is 23.8 Å². The lowest BCUT2D eigenvalue weighted by molar-refractivity contribution is -0.385. The van der Waals surface area contributed by atoms with Crippen LogP contribution in [0.1, 0.15) is 25.3 Å². The van der Waals surface area contributed by atoms with Gasteiger partial charge >= 0.3 is 0 Å². The number of benzene rings is 1. The smallest absolute Gasteiger partial charge is 0.281 e. The van der Waals surface area contributed by atoms with Gasteiger partial charge in [0.05, 0.1) is 10.5 Å². The summed E-state index contributed by atoms with van der Waals surface area (Å²) in [4.78, 5) is 22.5. The summed E-state index contributed by atoms with van der Waals surface area (Å²) < 4.78 is 0. The second-order valence-electron chi connectivity index (χ2n) is 5.14. The summed E-state index contributed by atoms with van der Waals surface area (Å²) in [5.74, 6) is -1.18. The molecule has 0 amide bonds. The zero-order chi connectivity index (χ0) is 15.8. The Balaban J connectivity index is 2.59. The van der Waals surface area contributed by atoms with Gasteiger partial charge in [-0.15, -0.1) is 0 Å². The molecule has 0 bridgehead atoms. The van der Waals surface area contributed by atoms with E-state index < -0.39 is 33.1 Å². The van der Waals surface area contributed by atoms with Crippen molar-refractivity contribution in [2.75, 3.05) is 0 Å². The van der Waals surface area contributed by atoms with Crippen molar-refractivity contribution in [3.8, 4) is 6.07 Å². The van der Waals surface area contributed by atoms with E-state index in [9.17, 15) is 20.0 Å². The Morgan fingerprint density at radius 3 is 2.62 bits per heavy atom. The maximum Gasteiger partial charge on any atom is 0.281 e. The molecule has 6 nitrogen and oxygen atoms in total. The summed E-state index contributed by atoms with van der Waals surface area (Å²) >= 11 is 5.69. The minimum absolute atomic E-state index is 0.122. The minimum Gasteiger partial charge on any atom is -0.506 e. The first-order valence-electron chi connectivity index (χ1n) is 6.12. The molecule has 0 atom stereocenters. The molecule has 1 aromatic rings. The normalized spacial score (nSPS) is 16.6. The Bertz CT molecular complexity index is 714. The molecule has 0 spiro atoms. The summed E-state index contributed by atoms with van der Waals surface area (Å²) in [5.41, 5.74) is -1.76. The Morgan fingerprint density at radius 1 is 1.52 bits per heavy atom. The highest BCUT2D eigenvalue weighted by Crippen LogP contribution is 2.48. The third kappa shape index (κ3) is 2.73. The highest BCUT2D eigenvalue weighted by molar-refractivity contribution is 6.30. The molecule has 0 heterocycles. The second-order valence-corrected chi connectivity index (χ2v) is 5.58. The average molecular weight is 307 g/mol. The molecule has 21 heavy (non-hydrogen) atoms. The monoisotopic (exact) mass is 306 g/mol. The fraction of sp³-hybridized carbons (Fsp3) is 0.286. The van der Waals surface area contributed by atoms with E-state index in [4.69, 9.17) is 16.9 Å². The molecule has 1 aliphatic rings. The fourth-order valence-corrected chi connectivity index (χ4v) is 2.08. The van der Waals surface area contributed by atoms with Gasteiger partial charge in [-0.3, -0.25) is 14.9 Å². The zero-order valence-corrected chi connectivity index (χ0v) is 11.8. The number of carbonyl (C=O) groups excluding carboxylic acids is 1. The first-order chi connectivity index (χ1) is 9.80. The van der Waals surface area contributed by atoms with Crippen molar-refractivity contribution in [3.63, 3.8) is 0 Å². The van der Waals surface area contributed by atoms with Crippen LogP contribution < -0.4 is 0 Å². The van der Waals surface area contributed by atoms with Crippen LogP contribution in [0.4, 0.5) is 5.69 Å². The number of hydrogen-bond donors (Lipinski definition) is 1. The Kier molecular flexibility index (Phi) is 3.71. The maximum atomic E-state index is 12.2. The van der Waals surface area contributed by atoms with Crippen molar-refractivity contribution in [2.45, 2.75) is 19.8 Å². The molecule has 7 heteroatoms. The van der Waals surface area contributed by atoms with Crippen LogP contribution in [0.3, 0.4) is 0 Å². The number of halogens is 1. The van der Waals surface area contributed by atoms with E-state index in [1.165, 1.54) is 12.1 Å². The predicted octanol–water partition coefficient (Wildman–Crippen LogP) is 3.41. The number of carbonyl (C=O) groups is 1. The molecule has 0 unspecified atom stereocenters. The number of nitro benzene ring substituents is 1. The molecule has 0 aromatic heterocycles. The molecule has 1 aromatic carbocycles. The van der Waals surface area contributed by atoms with Gasteiger partial charge in [-0.2, -0.15) is 5.26 Å². The lowest BCUT2D eigenvalue weighted by Gasteiger charge is -2.09. The molecular formula is C14H11ClN2O4. The minimum atomic E-state index is -0.726. The Hall–Kier alpha value is -2.39. The molecule has 0 saturated heterocycles. The number of nitro groups is 1. The quantitative estimate of drug-likeness (QED) is 0.302. The number of nitriles is 1. The summed E-state index contributed by atoms with van der Waals surface area (Å²) in [6.45, 7) is 1.69. The van der Waals surface area contributed by atoms with Crippen molar-refractivity contribution in [3.05, 3.63) is 44.5 Å². The highest BCUT2D eigenvalue weighted by Gasteiger charge is 2.47. The molecule has 1 fully saturated rings. The third-order valence-corrected chi connectivity index (χ3v) is 3.77. The number of nitrogens with zero attached hydrogens (tertiary/aromatic N) is 2. The van der Waals surface area contributed by atoms with Crippen molar-refractivity contribution < 1.29 is 14.8 Å². The number of allylic oxidation sites excluding steroid dienone is 1. The van der Waals surface area contributed by atoms with E-state index in [1.807, 2.05) is 0 Å². The zero-order valence-electron chi connectivity index (χ0n) is 11.1. The number of aliphatic hydroxyl groups excluding tert-OH is 1. The van der Waals surface area contributed by atoms with Crippen LogP contribution in [0.5, 0.6) is 0 Å². The fourth-order valence-electron chi connectivity index (χ4n) is 1.92. The van der Waals surface area contributed by atoms with E-state index >= 15 is 0 Å². The van der Waals surface area contributed by atoms with E-state index in [0.717, 1.165) is 6.07 Å². The number of hydrogen-bond acceptors (Lipinski definition) is 5. The first-order valence-corrected chi connectivity index (χ1v) is 6.50. The van der Waals surface area contributed by atoms with Crippen molar-refractivity contribution in [1.29, 1.82) is 5.26 Å². The molecule has 108 valence electrons. The standard InChI is InChI=1S/C14H11ClN2O4/c1-14(4-5-14)13(19)10(7-16)12(18)9-3-2-8(15)6-11(9)17(20)21/h2-3,6,18H,4-5H2,1H3. The maximum absolute atomic E-state index is 12.2.